The summed E-state index contributed by atoms with van der Waals surface area (Å²) in [6.45, 7) is 2.21. The fourth-order valence-corrected chi connectivity index (χ4v) is 0.863. The van der Waals surface area contributed by atoms with Gasteiger partial charge < -0.3 is 4.74 Å². The first-order valence-electron chi connectivity index (χ1n) is 3.88. The van der Waals surface area contributed by atoms with Gasteiger partial charge in [0.05, 0.1) is 18.7 Å². The van der Waals surface area contributed by atoms with Crippen molar-refractivity contribution in [2.45, 2.75) is 13.3 Å². The smallest absolute Gasteiger partial charge is 0.311 e. The van der Waals surface area contributed by atoms with Crippen LogP contribution in [0, 0.1) is 0 Å². The molecule has 0 aromatic carbocycles. The fourth-order valence-electron chi connectivity index (χ4n) is 0.863. The number of carbonyl (C=O) groups excluding carboxylic acids is 1. The second-order valence-corrected chi connectivity index (χ2v) is 2.30. The standard InChI is InChI=1S/C9H11NO2.ClH/c1-2-12-9(11)7-8-5-3-4-6-10-8;/h3-6H,2,7H2,1H3;1H. The third kappa shape index (κ3) is 4.48. The van der Waals surface area contributed by atoms with Gasteiger partial charge in [0.1, 0.15) is 0 Å². The Bertz CT molecular complexity index is 251. The summed E-state index contributed by atoms with van der Waals surface area (Å²) in [4.78, 5) is 15.0. The van der Waals surface area contributed by atoms with Gasteiger partial charge in [0.15, 0.2) is 0 Å². The summed E-state index contributed by atoms with van der Waals surface area (Å²) in [7, 11) is 0. The van der Waals surface area contributed by atoms with E-state index in [0.29, 0.717) is 6.61 Å². The third-order valence-electron chi connectivity index (χ3n) is 1.36. The summed E-state index contributed by atoms with van der Waals surface area (Å²) in [6, 6.07) is 5.47. The van der Waals surface area contributed by atoms with E-state index in [1.807, 2.05) is 12.1 Å². The summed E-state index contributed by atoms with van der Waals surface area (Å²) >= 11 is 0. The molecule has 0 N–H and O–H groups in total. The lowest BCUT2D eigenvalue weighted by atomic mass is 10.3. The zero-order chi connectivity index (χ0) is 8.81. The molecule has 3 nitrogen and oxygen atoms in total. The normalized spacial score (nSPS) is 8.69. The largest absolute Gasteiger partial charge is 0.466 e. The number of aromatic nitrogens is 1. The van der Waals surface area contributed by atoms with E-state index in [2.05, 4.69) is 4.98 Å². The van der Waals surface area contributed by atoms with Crippen molar-refractivity contribution < 1.29 is 9.53 Å². The molecule has 0 aliphatic carbocycles. The predicted octanol–water partition coefficient (Wildman–Crippen LogP) is 1.61. The molecule has 0 saturated heterocycles. The number of carbonyl (C=O) groups is 1. The number of pyridine rings is 1. The highest BCUT2D eigenvalue weighted by atomic mass is 35.5. The van der Waals surface area contributed by atoms with Gasteiger partial charge in [-0.05, 0) is 19.1 Å². The summed E-state index contributed by atoms with van der Waals surface area (Å²) < 4.78 is 4.77. The van der Waals surface area contributed by atoms with Crippen LogP contribution < -0.4 is 0 Å². The van der Waals surface area contributed by atoms with Crippen molar-refractivity contribution in [2.24, 2.45) is 0 Å². The van der Waals surface area contributed by atoms with E-state index in [4.69, 9.17) is 4.74 Å². The van der Waals surface area contributed by atoms with Crippen LogP contribution in [0.3, 0.4) is 0 Å². The molecular formula is C9H12ClNO2. The van der Waals surface area contributed by atoms with Gasteiger partial charge >= 0.3 is 5.97 Å². The monoisotopic (exact) mass is 201 g/mol. The van der Waals surface area contributed by atoms with Gasteiger partial charge in [-0.3, -0.25) is 9.78 Å². The highest BCUT2D eigenvalue weighted by Gasteiger charge is 2.02. The molecule has 1 rings (SSSR count). The topological polar surface area (TPSA) is 39.2 Å². The average Bonchev–Trinajstić information content (AvgIpc) is 2.06. The zero-order valence-corrected chi connectivity index (χ0v) is 8.21. The Balaban J connectivity index is 0.00000144. The SMILES string of the molecule is CCOC(=O)Cc1ccccn1.Cl. The molecule has 72 valence electrons. The Labute approximate surface area is 83.5 Å². The number of esters is 1. The van der Waals surface area contributed by atoms with Gasteiger partial charge in [-0.2, -0.15) is 0 Å². The molecule has 0 bridgehead atoms. The highest BCUT2D eigenvalue weighted by molar-refractivity contribution is 5.85. The molecule has 0 fully saturated rings. The maximum Gasteiger partial charge on any atom is 0.311 e. The molecule has 0 radical (unpaired) electrons. The van der Waals surface area contributed by atoms with Crippen LogP contribution in [-0.2, 0) is 16.0 Å². The van der Waals surface area contributed by atoms with E-state index < -0.39 is 0 Å². The molecule has 0 aliphatic rings. The Morgan fingerprint density at radius 2 is 2.31 bits per heavy atom. The number of halogens is 1. The van der Waals surface area contributed by atoms with Gasteiger partial charge in [-0.1, -0.05) is 6.07 Å². The first-order valence-corrected chi connectivity index (χ1v) is 3.88. The molecule has 1 aromatic heterocycles. The molecule has 0 unspecified atom stereocenters. The molecule has 0 aliphatic heterocycles. The Morgan fingerprint density at radius 3 is 2.85 bits per heavy atom. The van der Waals surface area contributed by atoms with E-state index in [1.165, 1.54) is 0 Å². The lowest BCUT2D eigenvalue weighted by Crippen LogP contribution is -2.08. The number of hydrogen-bond donors (Lipinski definition) is 0. The molecule has 13 heavy (non-hydrogen) atoms. The molecule has 1 heterocycles. The van der Waals surface area contributed by atoms with Crippen LogP contribution in [-0.4, -0.2) is 17.6 Å². The molecule has 4 heteroatoms. The van der Waals surface area contributed by atoms with Crippen molar-refractivity contribution in [1.29, 1.82) is 0 Å². The minimum Gasteiger partial charge on any atom is -0.466 e. The highest BCUT2D eigenvalue weighted by Crippen LogP contribution is 1.95. The quantitative estimate of drug-likeness (QED) is 0.698. The van der Waals surface area contributed by atoms with E-state index in [-0.39, 0.29) is 24.8 Å². The van der Waals surface area contributed by atoms with Crippen LogP contribution >= 0.6 is 12.4 Å². The first-order chi connectivity index (χ1) is 5.83. The van der Waals surface area contributed by atoms with Gasteiger partial charge in [0.25, 0.3) is 0 Å². The number of nitrogens with zero attached hydrogens (tertiary/aromatic N) is 1. The summed E-state index contributed by atoms with van der Waals surface area (Å²) in [5.74, 6) is -0.226. The van der Waals surface area contributed by atoms with Crippen LogP contribution in [0.15, 0.2) is 24.4 Å². The van der Waals surface area contributed by atoms with Crippen LogP contribution in [0.2, 0.25) is 0 Å². The Kier molecular flexibility index (Phi) is 5.89. The van der Waals surface area contributed by atoms with Crippen LogP contribution in [0.4, 0.5) is 0 Å². The number of rotatable bonds is 3. The molecular weight excluding hydrogens is 190 g/mol. The van der Waals surface area contributed by atoms with Crippen LogP contribution in [0.1, 0.15) is 12.6 Å². The van der Waals surface area contributed by atoms with E-state index in [1.54, 1.807) is 19.2 Å². The molecule has 0 amide bonds. The average molecular weight is 202 g/mol. The maximum absolute atomic E-state index is 11.0. The van der Waals surface area contributed by atoms with Gasteiger partial charge in [-0.25, -0.2) is 0 Å². The van der Waals surface area contributed by atoms with Crippen molar-refractivity contribution in [2.75, 3.05) is 6.61 Å². The number of hydrogen-bond acceptors (Lipinski definition) is 3. The summed E-state index contributed by atoms with van der Waals surface area (Å²) in [5.41, 5.74) is 0.746. The summed E-state index contributed by atoms with van der Waals surface area (Å²) in [6.07, 6.45) is 1.92. The van der Waals surface area contributed by atoms with Crippen molar-refractivity contribution in [3.63, 3.8) is 0 Å². The van der Waals surface area contributed by atoms with Crippen LogP contribution in [0.25, 0.3) is 0 Å². The zero-order valence-electron chi connectivity index (χ0n) is 7.40. The van der Waals surface area contributed by atoms with Gasteiger partial charge in [0.2, 0.25) is 0 Å². The number of ether oxygens (including phenoxy) is 1. The van der Waals surface area contributed by atoms with Crippen LogP contribution in [0.5, 0.6) is 0 Å². The first kappa shape index (κ1) is 11.9. The minimum atomic E-state index is -0.226. The molecule has 0 saturated carbocycles. The summed E-state index contributed by atoms with van der Waals surface area (Å²) in [5, 5.41) is 0. The minimum absolute atomic E-state index is 0. The second kappa shape index (κ2) is 6.43. The van der Waals surface area contributed by atoms with E-state index in [9.17, 15) is 4.79 Å². The molecule has 0 spiro atoms. The van der Waals surface area contributed by atoms with Crippen molar-refractivity contribution in [3.05, 3.63) is 30.1 Å². The van der Waals surface area contributed by atoms with Crippen molar-refractivity contribution in [3.8, 4) is 0 Å². The van der Waals surface area contributed by atoms with Gasteiger partial charge in [-0.15, -0.1) is 12.4 Å². The predicted molar refractivity (Wildman–Crippen MR) is 51.8 cm³/mol. The fraction of sp³-hybridized carbons (Fsp3) is 0.333. The van der Waals surface area contributed by atoms with Gasteiger partial charge in [0, 0.05) is 6.20 Å². The third-order valence-corrected chi connectivity index (χ3v) is 1.36. The lowest BCUT2D eigenvalue weighted by molar-refractivity contribution is -0.142. The maximum atomic E-state index is 11.0. The van der Waals surface area contributed by atoms with E-state index >= 15 is 0 Å². The lowest BCUT2D eigenvalue weighted by Gasteiger charge is -1.99. The Morgan fingerprint density at radius 1 is 1.54 bits per heavy atom. The molecule has 1 aromatic rings. The second-order valence-electron chi connectivity index (χ2n) is 2.30. The van der Waals surface area contributed by atoms with Crippen molar-refractivity contribution in [1.82, 2.24) is 4.98 Å². The Hall–Kier alpha value is -1.09. The van der Waals surface area contributed by atoms with Crippen molar-refractivity contribution >= 4 is 18.4 Å². The van der Waals surface area contributed by atoms with E-state index in [0.717, 1.165) is 5.69 Å². The molecule has 0 atom stereocenters.